The average molecular weight is 276 g/mol. The van der Waals surface area contributed by atoms with E-state index >= 15 is 0 Å². The minimum atomic E-state index is -0.0847. The van der Waals surface area contributed by atoms with Gasteiger partial charge in [0.15, 0.2) is 0 Å². The van der Waals surface area contributed by atoms with Crippen molar-refractivity contribution in [2.75, 3.05) is 38.1 Å². The highest BCUT2D eigenvalue weighted by Crippen LogP contribution is 2.36. The van der Waals surface area contributed by atoms with E-state index < -0.39 is 0 Å². The molecule has 1 aliphatic rings. The van der Waals surface area contributed by atoms with Crippen LogP contribution in [-0.2, 0) is 0 Å². The molecular weight excluding hydrogens is 260 g/mol. The number of hydrogen-bond acceptors (Lipinski definition) is 7. The minimum absolute atomic E-state index is 0.0847. The highest BCUT2D eigenvalue weighted by molar-refractivity contribution is 5.70. The van der Waals surface area contributed by atoms with Gasteiger partial charge in [0, 0.05) is 26.2 Å². The maximum absolute atomic E-state index is 9.79. The number of nitrogens with zero attached hydrogens (tertiary/aromatic N) is 4. The van der Waals surface area contributed by atoms with Crippen LogP contribution in [0.15, 0.2) is 22.7 Å². The Labute approximate surface area is 116 Å². The fourth-order valence-electron chi connectivity index (χ4n) is 2.20. The maximum Gasteiger partial charge on any atom is 0.267 e. The lowest BCUT2D eigenvalue weighted by atomic mass is 10.2. The number of phenolic OH excluding ortho intramolecular Hbond substituents is 2. The largest absolute Gasteiger partial charge is 0.507 e. The summed E-state index contributed by atoms with van der Waals surface area (Å²) in [6, 6.07) is 4.48. The molecule has 20 heavy (non-hydrogen) atoms. The zero-order valence-corrected chi connectivity index (χ0v) is 11.2. The molecule has 0 unspecified atom stereocenters. The molecule has 2 heterocycles. The molecule has 0 bridgehead atoms. The van der Waals surface area contributed by atoms with Crippen LogP contribution >= 0.6 is 0 Å². The van der Waals surface area contributed by atoms with Crippen molar-refractivity contribution >= 4 is 5.95 Å². The molecule has 1 aliphatic heterocycles. The highest BCUT2D eigenvalue weighted by atomic mass is 16.5. The summed E-state index contributed by atoms with van der Waals surface area (Å²) < 4.78 is 5.16. The van der Waals surface area contributed by atoms with E-state index in [9.17, 15) is 10.2 Å². The third-order valence-corrected chi connectivity index (χ3v) is 3.44. The van der Waals surface area contributed by atoms with Gasteiger partial charge in [0.25, 0.3) is 11.8 Å². The fraction of sp³-hybridized carbons (Fsp3) is 0.385. The second-order valence-electron chi connectivity index (χ2n) is 4.86. The molecule has 0 radical (unpaired) electrons. The van der Waals surface area contributed by atoms with Gasteiger partial charge in [-0.1, -0.05) is 6.07 Å². The first-order valence-corrected chi connectivity index (χ1v) is 6.43. The monoisotopic (exact) mass is 276 g/mol. The van der Waals surface area contributed by atoms with Crippen LogP contribution in [0.5, 0.6) is 11.5 Å². The van der Waals surface area contributed by atoms with Crippen LogP contribution < -0.4 is 4.90 Å². The van der Waals surface area contributed by atoms with E-state index in [0.29, 0.717) is 5.95 Å². The van der Waals surface area contributed by atoms with E-state index in [1.807, 2.05) is 4.90 Å². The van der Waals surface area contributed by atoms with Crippen LogP contribution in [0.25, 0.3) is 11.5 Å². The summed E-state index contributed by atoms with van der Waals surface area (Å²) >= 11 is 0. The molecule has 2 aromatic rings. The SMILES string of the molecule is CN1CCN(c2noc(-c3c(O)cccc3O)n2)CC1. The van der Waals surface area contributed by atoms with E-state index in [1.54, 1.807) is 6.07 Å². The lowest BCUT2D eigenvalue weighted by Gasteiger charge is -2.31. The van der Waals surface area contributed by atoms with Crippen molar-refractivity contribution in [3.63, 3.8) is 0 Å². The first-order chi connectivity index (χ1) is 9.65. The third-order valence-electron chi connectivity index (χ3n) is 3.44. The molecule has 3 rings (SSSR count). The van der Waals surface area contributed by atoms with Crippen molar-refractivity contribution in [2.24, 2.45) is 0 Å². The molecule has 2 N–H and O–H groups in total. The van der Waals surface area contributed by atoms with Crippen molar-refractivity contribution in [1.82, 2.24) is 15.0 Å². The van der Waals surface area contributed by atoms with Gasteiger partial charge in [0.05, 0.1) is 0 Å². The van der Waals surface area contributed by atoms with Gasteiger partial charge in [-0.25, -0.2) is 0 Å². The number of benzene rings is 1. The number of rotatable bonds is 2. The van der Waals surface area contributed by atoms with Crippen LogP contribution in [-0.4, -0.2) is 58.5 Å². The Kier molecular flexibility index (Phi) is 3.19. The molecule has 106 valence electrons. The molecule has 0 saturated carbocycles. The van der Waals surface area contributed by atoms with Gasteiger partial charge in [-0.15, -0.1) is 0 Å². The van der Waals surface area contributed by atoms with Gasteiger partial charge in [0.2, 0.25) is 0 Å². The Balaban J connectivity index is 1.87. The Morgan fingerprint density at radius 2 is 1.75 bits per heavy atom. The molecule has 7 heteroatoms. The standard InChI is InChI=1S/C13H16N4O3/c1-16-5-7-17(8-6-16)13-14-12(20-15-13)11-9(18)3-2-4-10(11)19/h2-4,18-19H,5-8H2,1H3. The molecule has 0 amide bonds. The average Bonchev–Trinajstić information content (AvgIpc) is 2.89. The van der Waals surface area contributed by atoms with Gasteiger partial charge in [-0.2, -0.15) is 4.98 Å². The van der Waals surface area contributed by atoms with Gasteiger partial charge < -0.3 is 24.5 Å². The number of anilines is 1. The number of piperazine rings is 1. The zero-order valence-electron chi connectivity index (χ0n) is 11.2. The summed E-state index contributed by atoms with van der Waals surface area (Å²) in [5.74, 6) is 0.433. The van der Waals surface area contributed by atoms with Crippen molar-refractivity contribution in [3.05, 3.63) is 18.2 Å². The Morgan fingerprint density at radius 1 is 1.10 bits per heavy atom. The van der Waals surface area contributed by atoms with Crippen molar-refractivity contribution in [1.29, 1.82) is 0 Å². The topological polar surface area (TPSA) is 85.9 Å². The highest BCUT2D eigenvalue weighted by Gasteiger charge is 2.22. The van der Waals surface area contributed by atoms with Gasteiger partial charge in [-0.3, -0.25) is 0 Å². The molecule has 7 nitrogen and oxygen atoms in total. The van der Waals surface area contributed by atoms with Crippen molar-refractivity contribution in [3.8, 4) is 23.0 Å². The van der Waals surface area contributed by atoms with Crippen LogP contribution in [0.3, 0.4) is 0 Å². The summed E-state index contributed by atoms with van der Waals surface area (Å²) in [7, 11) is 2.07. The number of hydrogen-bond donors (Lipinski definition) is 2. The van der Waals surface area contributed by atoms with Gasteiger partial charge >= 0.3 is 0 Å². The number of aromatic hydroxyl groups is 2. The van der Waals surface area contributed by atoms with Gasteiger partial charge in [0.1, 0.15) is 17.1 Å². The number of phenols is 2. The first kappa shape index (κ1) is 12.7. The minimum Gasteiger partial charge on any atom is -0.507 e. The summed E-state index contributed by atoms with van der Waals surface area (Å²) in [4.78, 5) is 8.51. The molecule has 1 saturated heterocycles. The summed E-state index contributed by atoms with van der Waals surface area (Å²) in [5, 5.41) is 23.5. The summed E-state index contributed by atoms with van der Waals surface area (Å²) in [6.07, 6.45) is 0. The lowest BCUT2D eigenvalue weighted by molar-refractivity contribution is 0.309. The van der Waals surface area contributed by atoms with E-state index in [0.717, 1.165) is 26.2 Å². The molecule has 0 atom stereocenters. The Hall–Kier alpha value is -2.28. The normalized spacial score (nSPS) is 16.6. The quantitative estimate of drug-likeness (QED) is 0.842. The molecule has 1 aromatic carbocycles. The second kappa shape index (κ2) is 5.01. The van der Waals surface area contributed by atoms with Crippen molar-refractivity contribution < 1.29 is 14.7 Å². The van der Waals surface area contributed by atoms with E-state index in [2.05, 4.69) is 22.1 Å². The number of likely N-dealkylation sites (N-methyl/N-ethyl adjacent to an activating group) is 1. The van der Waals surface area contributed by atoms with Crippen LogP contribution in [0, 0.1) is 0 Å². The second-order valence-corrected chi connectivity index (χ2v) is 4.86. The molecule has 1 aromatic heterocycles. The van der Waals surface area contributed by atoms with E-state index in [4.69, 9.17) is 4.52 Å². The third kappa shape index (κ3) is 2.27. The first-order valence-electron chi connectivity index (χ1n) is 6.43. The molecule has 0 spiro atoms. The van der Waals surface area contributed by atoms with Crippen LogP contribution in [0.2, 0.25) is 0 Å². The van der Waals surface area contributed by atoms with E-state index in [1.165, 1.54) is 12.1 Å². The Morgan fingerprint density at radius 3 is 2.40 bits per heavy atom. The van der Waals surface area contributed by atoms with Gasteiger partial charge in [-0.05, 0) is 24.3 Å². The van der Waals surface area contributed by atoms with Crippen LogP contribution in [0.1, 0.15) is 0 Å². The van der Waals surface area contributed by atoms with E-state index in [-0.39, 0.29) is 23.0 Å². The zero-order chi connectivity index (χ0) is 14.1. The van der Waals surface area contributed by atoms with Crippen LogP contribution in [0.4, 0.5) is 5.95 Å². The maximum atomic E-state index is 9.79. The van der Waals surface area contributed by atoms with Crippen molar-refractivity contribution in [2.45, 2.75) is 0 Å². The number of aromatic nitrogens is 2. The fourth-order valence-corrected chi connectivity index (χ4v) is 2.20. The predicted octanol–water partition coefficient (Wildman–Crippen LogP) is 0.900. The summed E-state index contributed by atoms with van der Waals surface area (Å²) in [6.45, 7) is 3.52. The lowest BCUT2D eigenvalue weighted by Crippen LogP contribution is -2.44. The Bertz CT molecular complexity index is 585. The molecule has 0 aliphatic carbocycles. The molecule has 1 fully saturated rings. The predicted molar refractivity (Wildman–Crippen MR) is 72.8 cm³/mol. The summed E-state index contributed by atoms with van der Waals surface area (Å²) in [5.41, 5.74) is 0.167. The smallest absolute Gasteiger partial charge is 0.267 e. The molecular formula is C13H16N4O3.